The van der Waals surface area contributed by atoms with Crippen molar-refractivity contribution < 1.29 is 8.42 Å². The summed E-state index contributed by atoms with van der Waals surface area (Å²) in [6, 6.07) is 12.5. The SMILES string of the molecule is CC(C)S(=O)(=O)N[C@@H]1C[C@H]1c1ccccc1-c1cccs1. The van der Waals surface area contributed by atoms with Gasteiger partial charge in [0.1, 0.15) is 0 Å². The third kappa shape index (κ3) is 3.05. The van der Waals surface area contributed by atoms with E-state index in [1.807, 2.05) is 18.2 Å². The van der Waals surface area contributed by atoms with E-state index in [0.717, 1.165) is 6.42 Å². The Morgan fingerprint density at radius 3 is 2.62 bits per heavy atom. The van der Waals surface area contributed by atoms with Crippen LogP contribution in [0.15, 0.2) is 41.8 Å². The Morgan fingerprint density at radius 1 is 1.19 bits per heavy atom. The summed E-state index contributed by atoms with van der Waals surface area (Å²) in [5.41, 5.74) is 2.47. The van der Waals surface area contributed by atoms with Crippen LogP contribution in [0, 0.1) is 0 Å². The first kappa shape index (κ1) is 14.8. The Morgan fingerprint density at radius 2 is 1.95 bits per heavy atom. The van der Waals surface area contributed by atoms with Gasteiger partial charge in [-0.05, 0) is 42.8 Å². The van der Waals surface area contributed by atoms with Gasteiger partial charge in [-0.3, -0.25) is 0 Å². The first-order valence-corrected chi connectivity index (χ1v) is 9.55. The molecule has 5 heteroatoms. The van der Waals surface area contributed by atoms with Gasteiger partial charge in [0.2, 0.25) is 10.0 Å². The highest BCUT2D eigenvalue weighted by Crippen LogP contribution is 2.45. The van der Waals surface area contributed by atoms with Crippen LogP contribution in [-0.4, -0.2) is 19.7 Å². The van der Waals surface area contributed by atoms with E-state index in [1.54, 1.807) is 25.2 Å². The molecule has 0 spiro atoms. The molecule has 1 heterocycles. The molecule has 1 fully saturated rings. The predicted molar refractivity (Wildman–Crippen MR) is 88.1 cm³/mol. The van der Waals surface area contributed by atoms with Gasteiger partial charge in [-0.1, -0.05) is 30.3 Å². The fourth-order valence-corrected chi connectivity index (χ4v) is 4.22. The Bertz CT molecular complexity index is 720. The number of rotatable bonds is 5. The summed E-state index contributed by atoms with van der Waals surface area (Å²) < 4.78 is 26.8. The molecule has 112 valence electrons. The molecule has 0 bridgehead atoms. The third-order valence-corrected chi connectivity index (χ3v) is 6.65. The van der Waals surface area contributed by atoms with Gasteiger partial charge >= 0.3 is 0 Å². The van der Waals surface area contributed by atoms with E-state index in [0.29, 0.717) is 0 Å². The number of sulfonamides is 1. The molecule has 21 heavy (non-hydrogen) atoms. The summed E-state index contributed by atoms with van der Waals surface area (Å²) in [5, 5.41) is 1.68. The molecule has 3 nitrogen and oxygen atoms in total. The normalized spacial score (nSPS) is 21.7. The van der Waals surface area contributed by atoms with Crippen LogP contribution in [0.3, 0.4) is 0 Å². The van der Waals surface area contributed by atoms with Crippen LogP contribution in [0.5, 0.6) is 0 Å². The zero-order valence-electron chi connectivity index (χ0n) is 12.1. The minimum absolute atomic E-state index is 0.0403. The summed E-state index contributed by atoms with van der Waals surface area (Å²) in [6.07, 6.45) is 0.883. The Labute approximate surface area is 130 Å². The van der Waals surface area contributed by atoms with Crippen LogP contribution in [0.2, 0.25) is 0 Å². The van der Waals surface area contributed by atoms with E-state index in [9.17, 15) is 8.42 Å². The van der Waals surface area contributed by atoms with Crippen LogP contribution in [0.4, 0.5) is 0 Å². The third-order valence-electron chi connectivity index (χ3n) is 3.87. The van der Waals surface area contributed by atoms with Crippen molar-refractivity contribution in [1.29, 1.82) is 0 Å². The van der Waals surface area contributed by atoms with Gasteiger partial charge in [0.05, 0.1) is 5.25 Å². The molecule has 1 aromatic heterocycles. The first-order valence-electron chi connectivity index (χ1n) is 7.13. The van der Waals surface area contributed by atoms with Crippen molar-refractivity contribution in [2.45, 2.75) is 37.5 Å². The second-order valence-corrected chi connectivity index (χ2v) is 8.94. The molecule has 0 saturated heterocycles. The Hall–Kier alpha value is -1.17. The van der Waals surface area contributed by atoms with Crippen molar-refractivity contribution in [3.63, 3.8) is 0 Å². The number of hydrogen-bond donors (Lipinski definition) is 1. The Kier molecular flexibility index (Phi) is 3.90. The molecular weight excluding hydrogens is 302 g/mol. The quantitative estimate of drug-likeness (QED) is 0.914. The lowest BCUT2D eigenvalue weighted by Gasteiger charge is -2.11. The fraction of sp³-hybridized carbons (Fsp3) is 0.375. The standard InChI is InChI=1S/C16H19NO2S2/c1-11(2)21(18,19)17-15-10-14(15)12-6-3-4-7-13(12)16-8-5-9-20-16/h3-9,11,14-15,17H,10H2,1-2H3/t14-,15+/m0/s1. The van der Waals surface area contributed by atoms with Crippen molar-refractivity contribution in [3.8, 4) is 10.4 Å². The largest absolute Gasteiger partial charge is 0.214 e. The van der Waals surface area contributed by atoms with E-state index < -0.39 is 10.0 Å². The van der Waals surface area contributed by atoms with Gasteiger partial charge in [-0.15, -0.1) is 11.3 Å². The molecule has 3 rings (SSSR count). The van der Waals surface area contributed by atoms with Gasteiger partial charge in [0, 0.05) is 16.8 Å². The van der Waals surface area contributed by atoms with Crippen molar-refractivity contribution in [3.05, 3.63) is 47.3 Å². The monoisotopic (exact) mass is 321 g/mol. The van der Waals surface area contributed by atoms with E-state index in [1.165, 1.54) is 16.0 Å². The molecule has 2 atom stereocenters. The highest BCUT2D eigenvalue weighted by atomic mass is 32.2. The summed E-state index contributed by atoms with van der Waals surface area (Å²) >= 11 is 1.72. The summed E-state index contributed by atoms with van der Waals surface area (Å²) in [6.45, 7) is 3.42. The zero-order chi connectivity index (χ0) is 15.0. The second kappa shape index (κ2) is 5.55. The average molecular weight is 321 g/mol. The molecule has 1 aliphatic carbocycles. The lowest BCUT2D eigenvalue weighted by atomic mass is 10.0. The molecule has 0 amide bonds. The second-order valence-electron chi connectivity index (χ2n) is 5.72. The average Bonchev–Trinajstić information content (AvgIpc) is 2.99. The highest BCUT2D eigenvalue weighted by molar-refractivity contribution is 7.90. The maximum Gasteiger partial charge on any atom is 0.214 e. The van der Waals surface area contributed by atoms with Crippen molar-refractivity contribution >= 4 is 21.4 Å². The van der Waals surface area contributed by atoms with Gasteiger partial charge in [-0.2, -0.15) is 0 Å². The highest BCUT2D eigenvalue weighted by Gasteiger charge is 2.42. The molecule has 1 N–H and O–H groups in total. The maximum absolute atomic E-state index is 12.0. The van der Waals surface area contributed by atoms with Crippen molar-refractivity contribution in [2.75, 3.05) is 0 Å². The zero-order valence-corrected chi connectivity index (χ0v) is 13.7. The molecular formula is C16H19NO2S2. The smallest absolute Gasteiger partial charge is 0.212 e. The topological polar surface area (TPSA) is 46.2 Å². The summed E-state index contributed by atoms with van der Waals surface area (Å²) in [5.74, 6) is 0.289. The minimum Gasteiger partial charge on any atom is -0.212 e. The van der Waals surface area contributed by atoms with E-state index in [-0.39, 0.29) is 17.2 Å². The number of nitrogens with one attached hydrogen (secondary N) is 1. The van der Waals surface area contributed by atoms with Crippen molar-refractivity contribution in [2.24, 2.45) is 0 Å². The van der Waals surface area contributed by atoms with E-state index in [2.05, 4.69) is 28.3 Å². The van der Waals surface area contributed by atoms with Gasteiger partial charge in [0.25, 0.3) is 0 Å². The summed E-state index contributed by atoms with van der Waals surface area (Å²) in [4.78, 5) is 1.24. The fourth-order valence-electron chi connectivity index (χ4n) is 2.49. The lowest BCUT2D eigenvalue weighted by molar-refractivity contribution is 0.571. The molecule has 1 saturated carbocycles. The van der Waals surface area contributed by atoms with E-state index in [4.69, 9.17) is 0 Å². The number of hydrogen-bond acceptors (Lipinski definition) is 3. The van der Waals surface area contributed by atoms with Crippen LogP contribution in [0.1, 0.15) is 31.7 Å². The van der Waals surface area contributed by atoms with Gasteiger partial charge in [0.15, 0.2) is 0 Å². The number of benzene rings is 1. The molecule has 0 unspecified atom stereocenters. The van der Waals surface area contributed by atoms with Crippen LogP contribution >= 0.6 is 11.3 Å². The van der Waals surface area contributed by atoms with Crippen LogP contribution < -0.4 is 4.72 Å². The van der Waals surface area contributed by atoms with Crippen LogP contribution in [0.25, 0.3) is 10.4 Å². The predicted octanol–water partition coefficient (Wildman–Crippen LogP) is 3.60. The molecule has 1 aliphatic rings. The van der Waals surface area contributed by atoms with Crippen molar-refractivity contribution in [1.82, 2.24) is 4.72 Å². The van der Waals surface area contributed by atoms with Crippen LogP contribution in [-0.2, 0) is 10.0 Å². The van der Waals surface area contributed by atoms with Gasteiger partial charge in [-0.25, -0.2) is 13.1 Å². The Balaban J connectivity index is 1.82. The van der Waals surface area contributed by atoms with Gasteiger partial charge < -0.3 is 0 Å². The molecule has 0 aliphatic heterocycles. The summed E-state index contributed by atoms with van der Waals surface area (Å²) in [7, 11) is -3.19. The lowest BCUT2D eigenvalue weighted by Crippen LogP contribution is -2.33. The molecule has 0 radical (unpaired) electrons. The molecule has 2 aromatic rings. The number of thiophene rings is 1. The first-order chi connectivity index (χ1) is 9.99. The molecule has 1 aromatic carbocycles. The van der Waals surface area contributed by atoms with E-state index >= 15 is 0 Å². The maximum atomic E-state index is 12.0. The minimum atomic E-state index is -3.19.